The summed E-state index contributed by atoms with van der Waals surface area (Å²) in [6, 6.07) is 4.17. The zero-order valence-electron chi connectivity index (χ0n) is 13.6. The first kappa shape index (κ1) is 18.6. The fraction of sp³-hybridized carbons (Fsp3) is 0.562. The van der Waals surface area contributed by atoms with Gasteiger partial charge in [0.1, 0.15) is 11.5 Å². The molecule has 0 saturated carbocycles. The Labute approximate surface area is 138 Å². The number of rotatable bonds is 4. The average molecular weight is 329 g/mol. The van der Waals surface area contributed by atoms with Crippen molar-refractivity contribution in [3.63, 3.8) is 0 Å². The van der Waals surface area contributed by atoms with E-state index in [9.17, 15) is 4.79 Å². The molecule has 0 aliphatic carbocycles. The van der Waals surface area contributed by atoms with Crippen molar-refractivity contribution < 1.29 is 14.3 Å². The number of carbonyl (C=O) groups excluding carboxylic acids is 1. The summed E-state index contributed by atoms with van der Waals surface area (Å²) in [4.78, 5) is 12.4. The molecule has 1 fully saturated rings. The average Bonchev–Trinajstić information content (AvgIpc) is 2.47. The van der Waals surface area contributed by atoms with Gasteiger partial charge in [0.15, 0.2) is 0 Å². The highest BCUT2D eigenvalue weighted by Crippen LogP contribution is 2.29. The minimum Gasteiger partial charge on any atom is -0.496 e. The van der Waals surface area contributed by atoms with Gasteiger partial charge in [0.05, 0.1) is 14.2 Å². The number of hydrogen-bond donors (Lipinski definition) is 2. The SMILES string of the molecule is COc1cc(C(=O)NC2CCNC(C)C2)cc(OC)c1C.Cl. The lowest BCUT2D eigenvalue weighted by Crippen LogP contribution is -2.46. The van der Waals surface area contributed by atoms with E-state index in [1.807, 2.05) is 6.92 Å². The fourth-order valence-corrected chi connectivity index (χ4v) is 2.75. The Hall–Kier alpha value is -1.46. The van der Waals surface area contributed by atoms with Crippen LogP contribution < -0.4 is 20.1 Å². The van der Waals surface area contributed by atoms with Gasteiger partial charge in [-0.1, -0.05) is 0 Å². The normalized spacial score (nSPS) is 20.7. The Kier molecular flexibility index (Phi) is 6.97. The van der Waals surface area contributed by atoms with Crippen molar-refractivity contribution in [3.05, 3.63) is 23.3 Å². The molecule has 2 rings (SSSR count). The molecule has 2 N–H and O–H groups in total. The quantitative estimate of drug-likeness (QED) is 0.890. The summed E-state index contributed by atoms with van der Waals surface area (Å²) in [5.41, 5.74) is 1.47. The lowest BCUT2D eigenvalue weighted by atomic mass is 10.00. The van der Waals surface area contributed by atoms with Gasteiger partial charge in [-0.05, 0) is 45.4 Å². The monoisotopic (exact) mass is 328 g/mol. The number of benzene rings is 1. The lowest BCUT2D eigenvalue weighted by molar-refractivity contribution is 0.0925. The number of halogens is 1. The molecule has 0 spiro atoms. The predicted octanol–water partition coefficient (Wildman–Crippen LogP) is 2.30. The van der Waals surface area contributed by atoms with E-state index >= 15 is 0 Å². The summed E-state index contributed by atoms with van der Waals surface area (Å²) in [6.07, 6.45) is 1.90. The molecular formula is C16H25ClN2O3. The van der Waals surface area contributed by atoms with E-state index in [0.29, 0.717) is 23.1 Å². The third-order valence-corrected chi connectivity index (χ3v) is 3.97. The first-order valence-corrected chi connectivity index (χ1v) is 7.32. The lowest BCUT2D eigenvalue weighted by Gasteiger charge is -2.28. The zero-order valence-corrected chi connectivity index (χ0v) is 14.4. The van der Waals surface area contributed by atoms with Gasteiger partial charge < -0.3 is 20.1 Å². The molecule has 2 atom stereocenters. The van der Waals surface area contributed by atoms with Crippen LogP contribution >= 0.6 is 12.4 Å². The van der Waals surface area contributed by atoms with Gasteiger partial charge in [0.25, 0.3) is 5.91 Å². The van der Waals surface area contributed by atoms with Crippen LogP contribution in [0.5, 0.6) is 11.5 Å². The molecular weight excluding hydrogens is 304 g/mol. The highest BCUT2D eigenvalue weighted by molar-refractivity contribution is 5.95. The molecule has 1 saturated heterocycles. The number of carbonyl (C=O) groups is 1. The number of nitrogens with one attached hydrogen (secondary N) is 2. The second kappa shape index (κ2) is 8.25. The summed E-state index contributed by atoms with van der Waals surface area (Å²) in [7, 11) is 3.19. The molecule has 1 aliphatic rings. The van der Waals surface area contributed by atoms with Gasteiger partial charge >= 0.3 is 0 Å². The molecule has 0 radical (unpaired) electrons. The molecule has 0 aromatic heterocycles. The summed E-state index contributed by atoms with van der Waals surface area (Å²) >= 11 is 0. The van der Waals surface area contributed by atoms with Crippen LogP contribution in [-0.4, -0.2) is 38.8 Å². The summed E-state index contributed by atoms with van der Waals surface area (Å²) < 4.78 is 10.6. The van der Waals surface area contributed by atoms with Crippen molar-refractivity contribution in [1.82, 2.24) is 10.6 Å². The molecule has 6 heteroatoms. The van der Waals surface area contributed by atoms with Gasteiger partial charge in [-0.25, -0.2) is 0 Å². The van der Waals surface area contributed by atoms with E-state index in [0.717, 1.165) is 24.9 Å². The molecule has 1 aliphatic heterocycles. The van der Waals surface area contributed by atoms with Crippen LogP contribution in [0.2, 0.25) is 0 Å². The van der Waals surface area contributed by atoms with Crippen LogP contribution in [0.3, 0.4) is 0 Å². The van der Waals surface area contributed by atoms with Crippen molar-refractivity contribution in [3.8, 4) is 11.5 Å². The second-order valence-corrected chi connectivity index (χ2v) is 5.56. The highest BCUT2D eigenvalue weighted by atomic mass is 35.5. The third-order valence-electron chi connectivity index (χ3n) is 3.97. The smallest absolute Gasteiger partial charge is 0.251 e. The van der Waals surface area contributed by atoms with Crippen LogP contribution in [-0.2, 0) is 0 Å². The standard InChI is InChI=1S/C16H24N2O3.ClH/c1-10-7-13(5-6-17-10)18-16(19)12-8-14(20-3)11(2)15(9-12)21-4;/h8-10,13,17H,5-7H2,1-4H3,(H,18,19);1H. The topological polar surface area (TPSA) is 59.6 Å². The number of ether oxygens (including phenoxy) is 2. The fourth-order valence-electron chi connectivity index (χ4n) is 2.75. The van der Waals surface area contributed by atoms with E-state index < -0.39 is 0 Å². The van der Waals surface area contributed by atoms with Gasteiger partial charge in [0.2, 0.25) is 0 Å². The number of piperidine rings is 1. The molecule has 1 aromatic rings. The van der Waals surface area contributed by atoms with Gasteiger partial charge in [-0.15, -0.1) is 12.4 Å². The minimum absolute atomic E-state index is 0. The molecule has 1 amide bonds. The maximum absolute atomic E-state index is 12.4. The number of methoxy groups -OCH3 is 2. The minimum atomic E-state index is -0.0781. The van der Waals surface area contributed by atoms with Crippen molar-refractivity contribution in [1.29, 1.82) is 0 Å². The van der Waals surface area contributed by atoms with E-state index in [1.54, 1.807) is 26.4 Å². The van der Waals surface area contributed by atoms with Crippen molar-refractivity contribution in [2.75, 3.05) is 20.8 Å². The molecule has 1 aromatic carbocycles. The van der Waals surface area contributed by atoms with Crippen molar-refractivity contribution in [2.24, 2.45) is 0 Å². The molecule has 5 nitrogen and oxygen atoms in total. The summed E-state index contributed by atoms with van der Waals surface area (Å²) in [5.74, 6) is 1.25. The summed E-state index contributed by atoms with van der Waals surface area (Å²) in [6.45, 7) is 4.98. The maximum atomic E-state index is 12.4. The molecule has 22 heavy (non-hydrogen) atoms. The zero-order chi connectivity index (χ0) is 15.4. The van der Waals surface area contributed by atoms with Crippen LogP contribution in [0.25, 0.3) is 0 Å². The largest absolute Gasteiger partial charge is 0.496 e. The Morgan fingerprint density at radius 1 is 1.27 bits per heavy atom. The van der Waals surface area contributed by atoms with Crippen molar-refractivity contribution >= 4 is 18.3 Å². The Balaban J connectivity index is 0.00000242. The molecule has 1 heterocycles. The Morgan fingerprint density at radius 2 is 1.86 bits per heavy atom. The summed E-state index contributed by atoms with van der Waals surface area (Å²) in [5, 5.41) is 6.48. The first-order valence-electron chi connectivity index (χ1n) is 7.32. The molecule has 2 unspecified atom stereocenters. The van der Waals surface area contributed by atoms with Crippen LogP contribution in [0.4, 0.5) is 0 Å². The van der Waals surface area contributed by atoms with Crippen LogP contribution in [0, 0.1) is 6.92 Å². The third kappa shape index (κ3) is 4.27. The van der Waals surface area contributed by atoms with E-state index in [4.69, 9.17) is 9.47 Å². The number of hydrogen-bond acceptors (Lipinski definition) is 4. The molecule has 0 bridgehead atoms. The Morgan fingerprint density at radius 3 is 2.36 bits per heavy atom. The van der Waals surface area contributed by atoms with Crippen molar-refractivity contribution in [2.45, 2.75) is 38.8 Å². The van der Waals surface area contributed by atoms with E-state index in [-0.39, 0.29) is 24.4 Å². The number of amides is 1. The first-order chi connectivity index (χ1) is 10.0. The van der Waals surface area contributed by atoms with E-state index in [2.05, 4.69) is 17.6 Å². The van der Waals surface area contributed by atoms with Crippen LogP contribution in [0.1, 0.15) is 35.7 Å². The van der Waals surface area contributed by atoms with Crippen LogP contribution in [0.15, 0.2) is 12.1 Å². The van der Waals surface area contributed by atoms with Gasteiger partial charge in [-0.3, -0.25) is 4.79 Å². The van der Waals surface area contributed by atoms with E-state index in [1.165, 1.54) is 0 Å². The highest BCUT2D eigenvalue weighted by Gasteiger charge is 2.21. The predicted molar refractivity (Wildman–Crippen MR) is 89.5 cm³/mol. The van der Waals surface area contributed by atoms with Gasteiger partial charge in [-0.2, -0.15) is 0 Å². The second-order valence-electron chi connectivity index (χ2n) is 5.56. The van der Waals surface area contributed by atoms with Gasteiger partial charge in [0, 0.05) is 23.2 Å². The Bertz CT molecular complexity index is 497. The molecule has 124 valence electrons. The maximum Gasteiger partial charge on any atom is 0.251 e.